The monoisotopic (exact) mass is 345 g/mol. The third-order valence-corrected chi connectivity index (χ3v) is 4.14. The number of pyridine rings is 1. The maximum Gasteiger partial charge on any atom is 0.180 e. The molecule has 3 heterocycles. The van der Waals surface area contributed by atoms with Crippen molar-refractivity contribution >= 4 is 16.6 Å². The molecule has 0 unspecified atom stereocenters. The van der Waals surface area contributed by atoms with Crippen molar-refractivity contribution in [1.82, 2.24) is 24.7 Å². The first-order valence-corrected chi connectivity index (χ1v) is 8.16. The number of fused-ring (bicyclic) bond motifs is 1. The van der Waals surface area contributed by atoms with Crippen molar-refractivity contribution in [3.63, 3.8) is 0 Å². The molecule has 6 heteroatoms. The molecule has 0 atom stereocenters. The van der Waals surface area contributed by atoms with E-state index in [0.29, 0.717) is 22.7 Å². The van der Waals surface area contributed by atoms with Crippen molar-refractivity contribution in [1.29, 1.82) is 0 Å². The molecule has 1 aromatic carbocycles. The average Bonchev–Trinajstić information content (AvgIpc) is 3.02. The first-order valence-electron chi connectivity index (χ1n) is 8.16. The SMILES string of the molecule is C=C(C)c1cnc(-c2nn(Cc3ccccc3F)c3ncccc23)nc1. The summed E-state index contributed by atoms with van der Waals surface area (Å²) in [5.41, 5.74) is 3.61. The zero-order valence-corrected chi connectivity index (χ0v) is 14.2. The molecule has 0 radical (unpaired) electrons. The highest BCUT2D eigenvalue weighted by Gasteiger charge is 2.16. The van der Waals surface area contributed by atoms with E-state index < -0.39 is 0 Å². The fourth-order valence-electron chi connectivity index (χ4n) is 2.74. The number of aromatic nitrogens is 5. The van der Waals surface area contributed by atoms with Gasteiger partial charge in [0.1, 0.15) is 11.5 Å². The van der Waals surface area contributed by atoms with E-state index in [9.17, 15) is 4.39 Å². The minimum absolute atomic E-state index is 0.268. The number of nitrogens with zero attached hydrogens (tertiary/aromatic N) is 5. The quantitative estimate of drug-likeness (QED) is 0.558. The van der Waals surface area contributed by atoms with E-state index in [4.69, 9.17) is 0 Å². The first kappa shape index (κ1) is 16.1. The molecule has 5 nitrogen and oxygen atoms in total. The summed E-state index contributed by atoms with van der Waals surface area (Å²) in [6.07, 6.45) is 5.14. The van der Waals surface area contributed by atoms with Gasteiger partial charge in [-0.1, -0.05) is 24.8 Å². The Bertz CT molecular complexity index is 1100. The van der Waals surface area contributed by atoms with E-state index in [0.717, 1.165) is 16.5 Å². The lowest BCUT2D eigenvalue weighted by molar-refractivity contribution is 0.589. The lowest BCUT2D eigenvalue weighted by Crippen LogP contribution is -2.04. The zero-order valence-electron chi connectivity index (χ0n) is 14.2. The van der Waals surface area contributed by atoms with Crippen molar-refractivity contribution in [2.24, 2.45) is 0 Å². The van der Waals surface area contributed by atoms with E-state index in [-0.39, 0.29) is 12.4 Å². The molecule has 0 aliphatic heterocycles. The normalized spacial score (nSPS) is 11.0. The Balaban J connectivity index is 1.81. The van der Waals surface area contributed by atoms with Crippen LogP contribution >= 0.6 is 0 Å². The minimum Gasteiger partial charge on any atom is -0.242 e. The highest BCUT2D eigenvalue weighted by Crippen LogP contribution is 2.25. The lowest BCUT2D eigenvalue weighted by Gasteiger charge is -2.04. The Kier molecular flexibility index (Phi) is 4.01. The van der Waals surface area contributed by atoms with Gasteiger partial charge in [-0.25, -0.2) is 24.0 Å². The van der Waals surface area contributed by atoms with Gasteiger partial charge in [0.25, 0.3) is 0 Å². The molecule has 0 fully saturated rings. The second kappa shape index (κ2) is 6.48. The van der Waals surface area contributed by atoms with E-state index in [1.165, 1.54) is 6.07 Å². The van der Waals surface area contributed by atoms with E-state index in [2.05, 4.69) is 26.6 Å². The third-order valence-electron chi connectivity index (χ3n) is 4.14. The molecule has 0 saturated heterocycles. The van der Waals surface area contributed by atoms with Gasteiger partial charge in [0, 0.05) is 29.7 Å². The predicted molar refractivity (Wildman–Crippen MR) is 98.8 cm³/mol. The van der Waals surface area contributed by atoms with Gasteiger partial charge in [0.05, 0.1) is 11.9 Å². The lowest BCUT2D eigenvalue weighted by atomic mass is 10.2. The summed E-state index contributed by atoms with van der Waals surface area (Å²) in [4.78, 5) is 13.2. The number of rotatable bonds is 4. The highest BCUT2D eigenvalue weighted by atomic mass is 19.1. The number of benzene rings is 1. The molecule has 3 aromatic heterocycles. The largest absolute Gasteiger partial charge is 0.242 e. The summed E-state index contributed by atoms with van der Waals surface area (Å²) in [7, 11) is 0. The molecular weight excluding hydrogens is 329 g/mol. The van der Waals surface area contributed by atoms with Crippen LogP contribution in [0.3, 0.4) is 0 Å². The number of hydrogen-bond acceptors (Lipinski definition) is 4. The fraction of sp³-hybridized carbons (Fsp3) is 0.100. The topological polar surface area (TPSA) is 56.5 Å². The van der Waals surface area contributed by atoms with Gasteiger partial charge < -0.3 is 0 Å². The molecule has 0 N–H and O–H groups in total. The van der Waals surface area contributed by atoms with Gasteiger partial charge in [-0.15, -0.1) is 0 Å². The van der Waals surface area contributed by atoms with Crippen LogP contribution in [0.15, 0.2) is 61.6 Å². The van der Waals surface area contributed by atoms with Crippen molar-refractivity contribution < 1.29 is 4.39 Å². The number of hydrogen-bond donors (Lipinski definition) is 0. The van der Waals surface area contributed by atoms with Crippen molar-refractivity contribution in [2.45, 2.75) is 13.5 Å². The van der Waals surface area contributed by atoms with Crippen molar-refractivity contribution in [2.75, 3.05) is 0 Å². The van der Waals surface area contributed by atoms with E-state index in [1.807, 2.05) is 19.1 Å². The molecule has 0 aliphatic carbocycles. The molecular formula is C20H16FN5. The molecule has 4 rings (SSSR count). The van der Waals surface area contributed by atoms with Gasteiger partial charge >= 0.3 is 0 Å². The van der Waals surface area contributed by atoms with Crippen LogP contribution in [0.5, 0.6) is 0 Å². The average molecular weight is 345 g/mol. The second-order valence-corrected chi connectivity index (χ2v) is 6.05. The summed E-state index contributed by atoms with van der Waals surface area (Å²) in [6.45, 7) is 6.08. The van der Waals surface area contributed by atoms with Crippen LogP contribution in [0.2, 0.25) is 0 Å². The fourth-order valence-corrected chi connectivity index (χ4v) is 2.74. The Labute approximate surface area is 149 Å². The molecule has 0 bridgehead atoms. The van der Waals surface area contributed by atoms with Crippen molar-refractivity contribution in [3.05, 3.63) is 78.5 Å². The Morgan fingerprint density at radius 1 is 1.08 bits per heavy atom. The van der Waals surface area contributed by atoms with E-state index >= 15 is 0 Å². The van der Waals surface area contributed by atoms with Crippen LogP contribution in [0, 0.1) is 5.82 Å². The standard InChI is InChI=1S/C20H16FN5/c1-13(2)15-10-23-19(24-11-15)18-16-7-5-9-22-20(16)26(25-18)12-14-6-3-4-8-17(14)21/h3-11H,1,12H2,2H3. The Morgan fingerprint density at radius 2 is 1.85 bits per heavy atom. The third kappa shape index (κ3) is 2.86. The van der Waals surface area contributed by atoms with Gasteiger partial charge in [-0.3, -0.25) is 0 Å². The van der Waals surface area contributed by atoms with Crippen LogP contribution in [0.1, 0.15) is 18.1 Å². The first-order chi connectivity index (χ1) is 12.6. The van der Waals surface area contributed by atoms with Crippen LogP contribution < -0.4 is 0 Å². The Morgan fingerprint density at radius 3 is 2.58 bits per heavy atom. The summed E-state index contributed by atoms with van der Waals surface area (Å²) >= 11 is 0. The summed E-state index contributed by atoms with van der Waals surface area (Å²) in [5.74, 6) is 0.232. The molecule has 0 amide bonds. The molecule has 0 spiro atoms. The van der Waals surface area contributed by atoms with Crippen LogP contribution in [-0.4, -0.2) is 24.7 Å². The maximum absolute atomic E-state index is 14.0. The molecule has 4 aromatic rings. The van der Waals surface area contributed by atoms with Gasteiger partial charge in [0.2, 0.25) is 0 Å². The maximum atomic E-state index is 14.0. The molecule has 0 saturated carbocycles. The summed E-state index contributed by atoms with van der Waals surface area (Å²) in [6, 6.07) is 10.4. The highest BCUT2D eigenvalue weighted by molar-refractivity contribution is 5.89. The van der Waals surface area contributed by atoms with Gasteiger partial charge in [-0.2, -0.15) is 5.10 Å². The zero-order chi connectivity index (χ0) is 18.1. The molecule has 0 aliphatic rings. The van der Waals surface area contributed by atoms with Gasteiger partial charge in [-0.05, 0) is 30.7 Å². The van der Waals surface area contributed by atoms with Crippen LogP contribution in [-0.2, 0) is 6.54 Å². The summed E-state index contributed by atoms with van der Waals surface area (Å²) < 4.78 is 15.7. The minimum atomic E-state index is -0.268. The summed E-state index contributed by atoms with van der Waals surface area (Å²) in [5, 5.41) is 5.44. The van der Waals surface area contributed by atoms with Gasteiger partial charge in [0.15, 0.2) is 11.5 Å². The number of allylic oxidation sites excluding steroid dienone is 1. The van der Waals surface area contributed by atoms with Crippen LogP contribution in [0.4, 0.5) is 4.39 Å². The van der Waals surface area contributed by atoms with E-state index in [1.54, 1.807) is 41.5 Å². The second-order valence-electron chi connectivity index (χ2n) is 6.05. The van der Waals surface area contributed by atoms with Crippen molar-refractivity contribution in [3.8, 4) is 11.5 Å². The smallest absolute Gasteiger partial charge is 0.180 e. The number of halogens is 1. The Hall–Kier alpha value is -3.41. The molecule has 128 valence electrons. The molecule has 26 heavy (non-hydrogen) atoms. The predicted octanol–water partition coefficient (Wildman–Crippen LogP) is 4.11. The van der Waals surface area contributed by atoms with Crippen LogP contribution in [0.25, 0.3) is 28.1 Å².